The van der Waals surface area contributed by atoms with Crippen molar-refractivity contribution in [2.75, 3.05) is 7.11 Å². The van der Waals surface area contributed by atoms with E-state index in [9.17, 15) is 9.59 Å². The van der Waals surface area contributed by atoms with Gasteiger partial charge in [-0.3, -0.25) is 9.36 Å². The van der Waals surface area contributed by atoms with Crippen LogP contribution in [-0.4, -0.2) is 23.8 Å². The van der Waals surface area contributed by atoms with E-state index in [2.05, 4.69) is 4.99 Å². The summed E-state index contributed by atoms with van der Waals surface area (Å²) in [6, 6.07) is 20.3. The molecule has 1 aliphatic heterocycles. The first-order valence-electron chi connectivity index (χ1n) is 12.0. The third-order valence-electron chi connectivity index (χ3n) is 5.85. The van der Waals surface area contributed by atoms with Crippen LogP contribution in [0, 0.1) is 0 Å². The zero-order chi connectivity index (χ0) is 26.8. The smallest absolute Gasteiger partial charge is 0.338 e. The van der Waals surface area contributed by atoms with Crippen molar-refractivity contribution in [1.82, 2.24) is 4.57 Å². The van der Waals surface area contributed by atoms with E-state index in [-0.39, 0.29) is 11.7 Å². The summed E-state index contributed by atoms with van der Waals surface area (Å²) in [7, 11) is 1.59. The number of allylic oxidation sites excluding steroid dienone is 1. The number of carbonyl (C=O) groups is 1. The predicted molar refractivity (Wildman–Crippen MR) is 147 cm³/mol. The molecule has 0 fully saturated rings. The first kappa shape index (κ1) is 25.8. The SMILES string of the molecule is COc1ccc(C2C(C(=O)OC(C)C)=C(C)N=c3sc(=Cc4ccc(Sc5ccccc5)o4)c(=O)n32)cc1. The fourth-order valence-electron chi connectivity index (χ4n) is 4.16. The summed E-state index contributed by atoms with van der Waals surface area (Å²) in [5.74, 6) is 0.741. The maximum absolute atomic E-state index is 13.8. The number of methoxy groups -OCH3 is 1. The zero-order valence-electron chi connectivity index (χ0n) is 21.3. The molecule has 0 radical (unpaired) electrons. The number of thiazole rings is 1. The highest BCUT2D eigenvalue weighted by molar-refractivity contribution is 7.99. The third-order valence-corrected chi connectivity index (χ3v) is 7.76. The number of nitrogens with zero attached hydrogens (tertiary/aromatic N) is 2. The quantitative estimate of drug-likeness (QED) is 0.306. The number of hydrogen-bond donors (Lipinski definition) is 0. The summed E-state index contributed by atoms with van der Waals surface area (Å²) in [5, 5.41) is 0.723. The van der Waals surface area contributed by atoms with Gasteiger partial charge in [0.25, 0.3) is 5.56 Å². The summed E-state index contributed by atoms with van der Waals surface area (Å²) in [5.41, 5.74) is 1.35. The van der Waals surface area contributed by atoms with Gasteiger partial charge in [0.1, 0.15) is 11.5 Å². The molecule has 0 bridgehead atoms. The predicted octanol–water partition coefficient (Wildman–Crippen LogP) is 4.94. The Morgan fingerprint density at radius 2 is 1.84 bits per heavy atom. The van der Waals surface area contributed by atoms with E-state index < -0.39 is 12.0 Å². The maximum Gasteiger partial charge on any atom is 0.338 e. The van der Waals surface area contributed by atoms with Crippen LogP contribution in [0.3, 0.4) is 0 Å². The molecular formula is C29H26N2O5S2. The van der Waals surface area contributed by atoms with Gasteiger partial charge in [0.05, 0.1) is 35.1 Å². The average Bonchev–Trinajstić information content (AvgIpc) is 3.46. The second-order valence-electron chi connectivity index (χ2n) is 8.88. The molecule has 2 aromatic heterocycles. The molecule has 4 aromatic rings. The Hall–Kier alpha value is -3.82. The van der Waals surface area contributed by atoms with Gasteiger partial charge in [-0.05, 0) is 62.7 Å². The lowest BCUT2D eigenvalue weighted by molar-refractivity contribution is -0.143. The van der Waals surface area contributed by atoms with Crippen LogP contribution in [0.4, 0.5) is 0 Å². The second-order valence-corrected chi connectivity index (χ2v) is 11.0. The highest BCUT2D eigenvalue weighted by Crippen LogP contribution is 2.32. The van der Waals surface area contributed by atoms with Crippen LogP contribution in [0.5, 0.6) is 5.75 Å². The van der Waals surface area contributed by atoms with Gasteiger partial charge in [-0.1, -0.05) is 53.4 Å². The van der Waals surface area contributed by atoms with Crippen molar-refractivity contribution in [3.63, 3.8) is 0 Å². The molecular weight excluding hydrogens is 520 g/mol. The minimum absolute atomic E-state index is 0.259. The third kappa shape index (κ3) is 5.25. The van der Waals surface area contributed by atoms with Crippen LogP contribution in [0.25, 0.3) is 6.08 Å². The van der Waals surface area contributed by atoms with Crippen LogP contribution in [0.15, 0.2) is 102 Å². The van der Waals surface area contributed by atoms with Crippen molar-refractivity contribution < 1.29 is 18.7 Å². The summed E-state index contributed by atoms with van der Waals surface area (Å²) >= 11 is 2.76. The number of aromatic nitrogens is 1. The van der Waals surface area contributed by atoms with Crippen LogP contribution < -0.4 is 19.6 Å². The van der Waals surface area contributed by atoms with Crippen LogP contribution in [0.1, 0.15) is 38.1 Å². The number of benzene rings is 2. The molecule has 5 rings (SSSR count). The Bertz CT molecular complexity index is 1680. The molecule has 0 saturated carbocycles. The molecule has 0 saturated heterocycles. The first-order valence-corrected chi connectivity index (χ1v) is 13.7. The van der Waals surface area contributed by atoms with E-state index in [1.54, 1.807) is 50.7 Å². The number of ether oxygens (including phenoxy) is 2. The normalized spacial score (nSPS) is 15.4. The molecule has 1 unspecified atom stereocenters. The molecule has 9 heteroatoms. The fraction of sp³-hybridized carbons (Fsp3) is 0.207. The van der Waals surface area contributed by atoms with Crippen molar-refractivity contribution in [3.8, 4) is 5.75 Å². The van der Waals surface area contributed by atoms with Crippen LogP contribution in [-0.2, 0) is 9.53 Å². The van der Waals surface area contributed by atoms with Crippen LogP contribution in [0.2, 0.25) is 0 Å². The Morgan fingerprint density at radius 1 is 1.11 bits per heavy atom. The summed E-state index contributed by atoms with van der Waals surface area (Å²) in [6.45, 7) is 5.35. The number of rotatable bonds is 7. The number of carbonyl (C=O) groups excluding carboxylic acids is 1. The molecule has 2 aromatic carbocycles. The van der Waals surface area contributed by atoms with Gasteiger partial charge >= 0.3 is 5.97 Å². The van der Waals surface area contributed by atoms with Gasteiger partial charge in [-0.2, -0.15) is 0 Å². The van der Waals surface area contributed by atoms with Crippen molar-refractivity contribution in [3.05, 3.63) is 109 Å². The highest BCUT2D eigenvalue weighted by atomic mass is 32.2. The first-order chi connectivity index (χ1) is 18.3. The molecule has 0 N–H and O–H groups in total. The lowest BCUT2D eigenvalue weighted by atomic mass is 9.96. The van der Waals surface area contributed by atoms with E-state index in [0.717, 1.165) is 15.6 Å². The standard InChI is InChI=1S/C29H26N2O5S2/c1-17(2)35-28(33)25-18(3)30-29-31(26(25)19-10-12-20(34-4)13-11-19)27(32)23(38-29)16-21-14-15-24(36-21)37-22-8-6-5-7-9-22/h5-17,26H,1-4H3. The van der Waals surface area contributed by atoms with E-state index in [4.69, 9.17) is 13.9 Å². The lowest BCUT2D eigenvalue weighted by Crippen LogP contribution is -2.40. The summed E-state index contributed by atoms with van der Waals surface area (Å²) < 4.78 is 18.8. The molecule has 1 atom stereocenters. The monoisotopic (exact) mass is 546 g/mol. The topological polar surface area (TPSA) is 83.0 Å². The Kier molecular flexibility index (Phi) is 7.40. The molecule has 0 amide bonds. The fourth-order valence-corrected chi connectivity index (χ4v) is 5.99. The minimum Gasteiger partial charge on any atom is -0.497 e. The number of hydrogen-bond acceptors (Lipinski definition) is 8. The van der Waals surface area contributed by atoms with E-state index >= 15 is 0 Å². The molecule has 0 spiro atoms. The largest absolute Gasteiger partial charge is 0.497 e. The zero-order valence-corrected chi connectivity index (χ0v) is 23.0. The number of esters is 1. The summed E-state index contributed by atoms with van der Waals surface area (Å²) in [4.78, 5) is 33.1. The number of furan rings is 1. The van der Waals surface area contributed by atoms with E-state index in [1.165, 1.54) is 23.1 Å². The van der Waals surface area contributed by atoms with E-state index in [0.29, 0.717) is 32.1 Å². The highest BCUT2D eigenvalue weighted by Gasteiger charge is 2.33. The van der Waals surface area contributed by atoms with Crippen molar-refractivity contribution in [2.24, 2.45) is 4.99 Å². The van der Waals surface area contributed by atoms with Gasteiger partial charge < -0.3 is 13.9 Å². The van der Waals surface area contributed by atoms with Gasteiger partial charge in [0.15, 0.2) is 9.89 Å². The Balaban J connectivity index is 1.58. The maximum atomic E-state index is 13.8. The molecule has 194 valence electrons. The Labute approximate surface area is 227 Å². The molecule has 7 nitrogen and oxygen atoms in total. The molecule has 38 heavy (non-hydrogen) atoms. The Morgan fingerprint density at radius 3 is 2.53 bits per heavy atom. The molecule has 1 aliphatic rings. The van der Waals surface area contributed by atoms with Gasteiger partial charge in [-0.15, -0.1) is 0 Å². The second kappa shape index (κ2) is 10.9. The molecule has 3 heterocycles. The number of fused-ring (bicyclic) bond motifs is 1. The van der Waals surface area contributed by atoms with Crippen molar-refractivity contribution >= 4 is 35.1 Å². The van der Waals surface area contributed by atoms with Crippen LogP contribution >= 0.6 is 23.1 Å². The van der Waals surface area contributed by atoms with Gasteiger partial charge in [0.2, 0.25) is 0 Å². The molecule has 0 aliphatic carbocycles. The van der Waals surface area contributed by atoms with Gasteiger partial charge in [0, 0.05) is 11.0 Å². The van der Waals surface area contributed by atoms with E-state index in [1.807, 2.05) is 54.6 Å². The van der Waals surface area contributed by atoms with Crippen molar-refractivity contribution in [1.29, 1.82) is 0 Å². The van der Waals surface area contributed by atoms with Crippen molar-refractivity contribution in [2.45, 2.75) is 42.9 Å². The lowest BCUT2D eigenvalue weighted by Gasteiger charge is -2.25. The minimum atomic E-state index is -0.689. The van der Waals surface area contributed by atoms with Gasteiger partial charge in [-0.25, -0.2) is 9.79 Å². The summed E-state index contributed by atoms with van der Waals surface area (Å²) in [6.07, 6.45) is 1.40. The average molecular weight is 547 g/mol.